The highest BCUT2D eigenvalue weighted by Gasteiger charge is 2.22. The van der Waals surface area contributed by atoms with Gasteiger partial charge in [0.1, 0.15) is 5.82 Å². The van der Waals surface area contributed by atoms with Gasteiger partial charge in [-0.3, -0.25) is 4.79 Å². The standard InChI is InChI=1S/C20H21FN4O/c21-18-10-14(11-22)6-7-19(18)25-8-2-5-17(13-25)24-12-15-3-1-4-16(9-15)20(23)26/h1,3-4,6-7,9-10,17,24H,2,5,8,12-13H2,(H2,23,26). The van der Waals surface area contributed by atoms with E-state index in [9.17, 15) is 9.18 Å². The average Bonchev–Trinajstić information content (AvgIpc) is 2.66. The van der Waals surface area contributed by atoms with Crippen LogP contribution in [0.4, 0.5) is 10.1 Å². The normalized spacial score (nSPS) is 16.9. The van der Waals surface area contributed by atoms with Gasteiger partial charge < -0.3 is 16.0 Å². The molecule has 1 amide bonds. The molecule has 0 saturated carbocycles. The second kappa shape index (κ2) is 7.98. The van der Waals surface area contributed by atoms with Crippen LogP contribution in [0.5, 0.6) is 0 Å². The van der Waals surface area contributed by atoms with Crippen LogP contribution in [-0.2, 0) is 6.54 Å². The first-order chi connectivity index (χ1) is 12.6. The summed E-state index contributed by atoms with van der Waals surface area (Å²) in [5.41, 5.74) is 7.66. The second-order valence-electron chi connectivity index (χ2n) is 6.51. The molecule has 5 nitrogen and oxygen atoms in total. The highest BCUT2D eigenvalue weighted by atomic mass is 19.1. The molecule has 1 aliphatic heterocycles. The van der Waals surface area contributed by atoms with Crippen LogP contribution in [0.15, 0.2) is 42.5 Å². The number of carbonyl (C=O) groups is 1. The maximum Gasteiger partial charge on any atom is 0.248 e. The number of nitrogens with one attached hydrogen (secondary N) is 1. The maximum absolute atomic E-state index is 14.3. The van der Waals surface area contributed by atoms with E-state index in [1.165, 1.54) is 6.07 Å². The van der Waals surface area contributed by atoms with E-state index < -0.39 is 5.91 Å². The molecular weight excluding hydrogens is 331 g/mol. The molecule has 0 aliphatic carbocycles. The molecule has 1 saturated heterocycles. The first kappa shape index (κ1) is 17.9. The van der Waals surface area contributed by atoms with Gasteiger partial charge in [0.05, 0.1) is 17.3 Å². The fourth-order valence-electron chi connectivity index (χ4n) is 3.29. The Labute approximate surface area is 152 Å². The number of halogens is 1. The van der Waals surface area contributed by atoms with E-state index in [4.69, 9.17) is 11.0 Å². The monoisotopic (exact) mass is 352 g/mol. The number of carbonyl (C=O) groups excluding carboxylic acids is 1. The molecule has 26 heavy (non-hydrogen) atoms. The first-order valence-electron chi connectivity index (χ1n) is 8.63. The number of nitrogens with zero attached hydrogens (tertiary/aromatic N) is 2. The Kier molecular flexibility index (Phi) is 5.49. The first-order valence-corrected chi connectivity index (χ1v) is 8.63. The van der Waals surface area contributed by atoms with Gasteiger partial charge in [0.15, 0.2) is 0 Å². The largest absolute Gasteiger partial charge is 0.368 e. The van der Waals surface area contributed by atoms with Gasteiger partial charge in [-0.2, -0.15) is 5.26 Å². The Balaban J connectivity index is 1.63. The zero-order valence-electron chi connectivity index (χ0n) is 14.4. The minimum Gasteiger partial charge on any atom is -0.368 e. The molecule has 1 atom stereocenters. The molecule has 134 valence electrons. The number of rotatable bonds is 5. The highest BCUT2D eigenvalue weighted by Crippen LogP contribution is 2.24. The number of benzene rings is 2. The molecule has 0 spiro atoms. The van der Waals surface area contributed by atoms with E-state index in [-0.39, 0.29) is 11.9 Å². The van der Waals surface area contributed by atoms with Crippen LogP contribution in [0.25, 0.3) is 0 Å². The summed E-state index contributed by atoms with van der Waals surface area (Å²) in [6, 6.07) is 14.0. The third-order valence-corrected chi connectivity index (χ3v) is 4.65. The van der Waals surface area contributed by atoms with Crippen LogP contribution in [0, 0.1) is 17.1 Å². The third kappa shape index (κ3) is 4.19. The van der Waals surface area contributed by atoms with Crippen LogP contribution in [-0.4, -0.2) is 25.0 Å². The molecule has 2 aromatic rings. The predicted octanol–water partition coefficient (Wildman–Crippen LogP) is 2.55. The summed E-state index contributed by atoms with van der Waals surface area (Å²) in [6.45, 7) is 2.10. The number of amides is 1. The van der Waals surface area contributed by atoms with Gasteiger partial charge in [0.25, 0.3) is 0 Å². The Morgan fingerprint density at radius 3 is 2.92 bits per heavy atom. The number of nitriles is 1. The number of anilines is 1. The number of hydrogen-bond donors (Lipinski definition) is 2. The molecular formula is C20H21FN4O. The summed E-state index contributed by atoms with van der Waals surface area (Å²) in [5.74, 6) is -0.800. The maximum atomic E-state index is 14.3. The molecule has 6 heteroatoms. The number of hydrogen-bond acceptors (Lipinski definition) is 4. The van der Waals surface area contributed by atoms with Crippen molar-refractivity contribution < 1.29 is 9.18 Å². The summed E-state index contributed by atoms with van der Waals surface area (Å²) >= 11 is 0. The van der Waals surface area contributed by atoms with Gasteiger partial charge in [-0.15, -0.1) is 0 Å². The van der Waals surface area contributed by atoms with E-state index >= 15 is 0 Å². The zero-order valence-corrected chi connectivity index (χ0v) is 14.4. The van der Waals surface area contributed by atoms with E-state index in [0.29, 0.717) is 29.9 Å². The SMILES string of the molecule is N#Cc1ccc(N2CCCC(NCc3cccc(C(N)=O)c3)C2)c(F)c1. The Hall–Kier alpha value is -2.91. The van der Waals surface area contributed by atoms with Gasteiger partial charge in [0.2, 0.25) is 5.91 Å². The lowest BCUT2D eigenvalue weighted by Gasteiger charge is -2.35. The van der Waals surface area contributed by atoms with Crippen molar-refractivity contribution in [1.29, 1.82) is 5.26 Å². The summed E-state index contributed by atoms with van der Waals surface area (Å²) in [5, 5.41) is 12.3. The summed E-state index contributed by atoms with van der Waals surface area (Å²) < 4.78 is 14.3. The molecule has 3 N–H and O–H groups in total. The van der Waals surface area contributed by atoms with E-state index in [0.717, 1.165) is 24.9 Å². The molecule has 0 bridgehead atoms. The molecule has 0 aromatic heterocycles. The van der Waals surface area contributed by atoms with Crippen molar-refractivity contribution in [1.82, 2.24) is 5.32 Å². The number of primary amides is 1. The van der Waals surface area contributed by atoms with Crippen molar-refractivity contribution in [2.75, 3.05) is 18.0 Å². The Morgan fingerprint density at radius 1 is 1.35 bits per heavy atom. The summed E-state index contributed by atoms with van der Waals surface area (Å²) in [7, 11) is 0. The minimum absolute atomic E-state index is 0.219. The van der Waals surface area contributed by atoms with Gasteiger partial charge in [-0.05, 0) is 48.7 Å². The molecule has 1 unspecified atom stereocenters. The van der Waals surface area contributed by atoms with Crippen molar-refractivity contribution in [3.8, 4) is 6.07 Å². The van der Waals surface area contributed by atoms with Crippen molar-refractivity contribution in [2.45, 2.75) is 25.4 Å². The molecule has 0 radical (unpaired) electrons. The van der Waals surface area contributed by atoms with Crippen molar-refractivity contribution >= 4 is 11.6 Å². The second-order valence-corrected chi connectivity index (χ2v) is 6.51. The van der Waals surface area contributed by atoms with Crippen molar-refractivity contribution in [3.05, 3.63) is 65.0 Å². The number of piperidine rings is 1. The van der Waals surface area contributed by atoms with E-state index in [1.54, 1.807) is 24.3 Å². The van der Waals surface area contributed by atoms with Gasteiger partial charge in [0, 0.05) is 31.2 Å². The zero-order chi connectivity index (χ0) is 18.5. The van der Waals surface area contributed by atoms with Crippen molar-refractivity contribution in [3.63, 3.8) is 0 Å². The summed E-state index contributed by atoms with van der Waals surface area (Å²) in [6.07, 6.45) is 1.96. The molecule has 2 aromatic carbocycles. The van der Waals surface area contributed by atoms with Crippen LogP contribution >= 0.6 is 0 Å². The molecule has 3 rings (SSSR count). The van der Waals surface area contributed by atoms with Crippen molar-refractivity contribution in [2.24, 2.45) is 5.73 Å². The van der Waals surface area contributed by atoms with Crippen LogP contribution < -0.4 is 16.0 Å². The van der Waals surface area contributed by atoms with E-state index in [2.05, 4.69) is 5.32 Å². The van der Waals surface area contributed by atoms with Gasteiger partial charge >= 0.3 is 0 Å². The average molecular weight is 352 g/mol. The fourth-order valence-corrected chi connectivity index (χ4v) is 3.29. The predicted molar refractivity (Wildman–Crippen MR) is 98.1 cm³/mol. The van der Waals surface area contributed by atoms with Crippen LogP contribution in [0.1, 0.15) is 34.3 Å². The lowest BCUT2D eigenvalue weighted by atomic mass is 10.0. The highest BCUT2D eigenvalue weighted by molar-refractivity contribution is 5.92. The third-order valence-electron chi connectivity index (χ3n) is 4.65. The molecule has 1 heterocycles. The Bertz CT molecular complexity index is 846. The smallest absolute Gasteiger partial charge is 0.248 e. The Morgan fingerprint density at radius 2 is 2.19 bits per heavy atom. The van der Waals surface area contributed by atoms with E-state index in [1.807, 2.05) is 23.1 Å². The lowest BCUT2D eigenvalue weighted by Crippen LogP contribution is -2.45. The fraction of sp³-hybridized carbons (Fsp3) is 0.300. The molecule has 1 fully saturated rings. The van der Waals surface area contributed by atoms with Gasteiger partial charge in [-0.1, -0.05) is 12.1 Å². The minimum atomic E-state index is -0.438. The van der Waals surface area contributed by atoms with Gasteiger partial charge in [-0.25, -0.2) is 4.39 Å². The quantitative estimate of drug-likeness (QED) is 0.866. The van der Waals surface area contributed by atoms with Crippen LogP contribution in [0.2, 0.25) is 0 Å². The number of nitrogens with two attached hydrogens (primary N) is 1. The topological polar surface area (TPSA) is 82.2 Å². The molecule has 1 aliphatic rings. The van der Waals surface area contributed by atoms with Crippen LogP contribution in [0.3, 0.4) is 0 Å². The lowest BCUT2D eigenvalue weighted by molar-refractivity contribution is 0.1000. The summed E-state index contributed by atoms with van der Waals surface area (Å²) in [4.78, 5) is 13.3.